The van der Waals surface area contributed by atoms with E-state index in [1.54, 1.807) is 12.1 Å². The van der Waals surface area contributed by atoms with E-state index in [9.17, 15) is 25.2 Å². The Balaban J connectivity index is 2.59. The van der Waals surface area contributed by atoms with Crippen LogP contribution in [0.25, 0.3) is 0 Å². The van der Waals surface area contributed by atoms with Crippen molar-refractivity contribution in [2.45, 2.75) is 24.4 Å². The quantitative estimate of drug-likeness (QED) is 0.212. The van der Waals surface area contributed by atoms with Gasteiger partial charge in [0.15, 0.2) is 6.10 Å². The molecule has 0 saturated carbocycles. The van der Waals surface area contributed by atoms with Crippen molar-refractivity contribution in [3.05, 3.63) is 29.8 Å². The highest BCUT2D eigenvalue weighted by Gasteiger charge is 2.34. The maximum atomic E-state index is 11.5. The van der Waals surface area contributed by atoms with Gasteiger partial charge in [0.25, 0.3) is 5.91 Å². The number of para-hydroxylation sites is 1. The van der Waals surface area contributed by atoms with Gasteiger partial charge in [-0.05, 0) is 12.1 Å². The molecule has 0 aromatic heterocycles. The summed E-state index contributed by atoms with van der Waals surface area (Å²) in [5, 5.41) is 59.1. The van der Waals surface area contributed by atoms with E-state index in [4.69, 9.17) is 10.2 Å². The summed E-state index contributed by atoms with van der Waals surface area (Å²) in [5.41, 5.74) is 2.22. The number of aliphatic hydroxyl groups excluding tert-OH is 5. The molecule has 122 valence electrons. The minimum absolute atomic E-state index is 0.0671. The van der Waals surface area contributed by atoms with Gasteiger partial charge in [-0.15, -0.1) is 0 Å². The minimum Gasteiger partial charge on any atom is -0.507 e. The molecule has 1 rings (SSSR count). The first kappa shape index (κ1) is 18.0. The molecule has 1 aromatic carbocycles. The Morgan fingerprint density at radius 2 is 1.82 bits per heavy atom. The van der Waals surface area contributed by atoms with Crippen molar-refractivity contribution in [1.82, 2.24) is 5.43 Å². The van der Waals surface area contributed by atoms with E-state index in [0.717, 1.165) is 6.21 Å². The van der Waals surface area contributed by atoms with Gasteiger partial charge in [0, 0.05) is 5.56 Å². The summed E-state index contributed by atoms with van der Waals surface area (Å²) in [5.74, 6) is -1.20. The maximum Gasteiger partial charge on any atom is 0.271 e. The molecule has 0 bridgehead atoms. The molecule has 22 heavy (non-hydrogen) atoms. The number of hydrazone groups is 1. The second-order valence-electron chi connectivity index (χ2n) is 4.47. The van der Waals surface area contributed by atoms with Crippen LogP contribution in [-0.2, 0) is 4.79 Å². The lowest BCUT2D eigenvalue weighted by atomic mass is 10.0. The third-order valence-corrected chi connectivity index (χ3v) is 2.84. The lowest BCUT2D eigenvalue weighted by Gasteiger charge is -2.24. The number of amides is 1. The van der Waals surface area contributed by atoms with E-state index in [1.807, 2.05) is 5.43 Å². The third kappa shape index (κ3) is 4.76. The highest BCUT2D eigenvalue weighted by atomic mass is 16.4. The minimum atomic E-state index is -2.07. The van der Waals surface area contributed by atoms with E-state index >= 15 is 0 Å². The molecule has 4 unspecified atom stereocenters. The zero-order valence-corrected chi connectivity index (χ0v) is 11.4. The molecular weight excluding hydrogens is 296 g/mol. The smallest absolute Gasteiger partial charge is 0.271 e. The molecule has 0 saturated heterocycles. The molecule has 7 N–H and O–H groups in total. The predicted octanol–water partition coefficient (Wildman–Crippen LogP) is -2.72. The molecule has 0 aliphatic carbocycles. The molecule has 0 spiro atoms. The molecule has 0 radical (unpaired) electrons. The van der Waals surface area contributed by atoms with Gasteiger partial charge in [-0.1, -0.05) is 12.1 Å². The predicted molar refractivity (Wildman–Crippen MR) is 75.0 cm³/mol. The largest absolute Gasteiger partial charge is 0.507 e. The summed E-state index contributed by atoms with van der Waals surface area (Å²) in [6.07, 6.45) is -6.58. The second-order valence-corrected chi connectivity index (χ2v) is 4.47. The van der Waals surface area contributed by atoms with Gasteiger partial charge in [0.05, 0.1) is 12.8 Å². The van der Waals surface area contributed by atoms with Crippen LogP contribution >= 0.6 is 0 Å². The van der Waals surface area contributed by atoms with Crippen molar-refractivity contribution in [2.75, 3.05) is 6.61 Å². The number of carbonyl (C=O) groups excluding carboxylic acids is 1. The number of hydrogen-bond acceptors (Lipinski definition) is 8. The Morgan fingerprint density at radius 1 is 1.18 bits per heavy atom. The van der Waals surface area contributed by atoms with Crippen molar-refractivity contribution in [3.63, 3.8) is 0 Å². The number of phenolic OH excluding ortho intramolecular Hbond substituents is 1. The first-order valence-corrected chi connectivity index (χ1v) is 6.32. The van der Waals surface area contributed by atoms with Crippen molar-refractivity contribution in [2.24, 2.45) is 5.10 Å². The van der Waals surface area contributed by atoms with Crippen LogP contribution in [0.5, 0.6) is 5.75 Å². The number of rotatable bonds is 7. The number of aliphatic hydroxyl groups is 5. The van der Waals surface area contributed by atoms with Crippen LogP contribution in [0.1, 0.15) is 5.56 Å². The fraction of sp³-hybridized carbons (Fsp3) is 0.385. The van der Waals surface area contributed by atoms with Gasteiger partial charge in [0.1, 0.15) is 24.1 Å². The van der Waals surface area contributed by atoms with Gasteiger partial charge in [0.2, 0.25) is 0 Å². The normalized spacial score (nSPS) is 17.0. The molecule has 0 fully saturated rings. The Bertz CT molecular complexity index is 523. The molecule has 0 aliphatic heterocycles. The van der Waals surface area contributed by atoms with Crippen molar-refractivity contribution < 1.29 is 35.4 Å². The maximum absolute atomic E-state index is 11.5. The molecule has 9 nitrogen and oxygen atoms in total. The third-order valence-electron chi connectivity index (χ3n) is 2.84. The monoisotopic (exact) mass is 314 g/mol. The fourth-order valence-electron chi connectivity index (χ4n) is 1.51. The van der Waals surface area contributed by atoms with Crippen molar-refractivity contribution in [3.8, 4) is 5.75 Å². The van der Waals surface area contributed by atoms with E-state index < -0.39 is 36.9 Å². The molecular formula is C13H18N2O7. The zero-order chi connectivity index (χ0) is 16.7. The van der Waals surface area contributed by atoms with Crippen LogP contribution in [0.2, 0.25) is 0 Å². The topological polar surface area (TPSA) is 163 Å². The number of nitrogens with zero attached hydrogens (tertiary/aromatic N) is 1. The number of aromatic hydroxyl groups is 1. The van der Waals surface area contributed by atoms with Crippen LogP contribution in [0.3, 0.4) is 0 Å². The van der Waals surface area contributed by atoms with Gasteiger partial charge < -0.3 is 30.6 Å². The number of benzene rings is 1. The van der Waals surface area contributed by atoms with Crippen molar-refractivity contribution in [1.29, 1.82) is 0 Å². The molecule has 0 aliphatic rings. The Labute approximate surface area is 125 Å². The lowest BCUT2D eigenvalue weighted by molar-refractivity contribution is -0.148. The van der Waals surface area contributed by atoms with Crippen LogP contribution in [-0.4, -0.2) is 73.8 Å². The summed E-state index contributed by atoms with van der Waals surface area (Å²) in [6, 6.07) is 6.17. The van der Waals surface area contributed by atoms with E-state index in [0.29, 0.717) is 5.56 Å². The summed E-state index contributed by atoms with van der Waals surface area (Å²) in [7, 11) is 0. The average molecular weight is 314 g/mol. The molecule has 1 amide bonds. The molecule has 4 atom stereocenters. The Morgan fingerprint density at radius 3 is 2.41 bits per heavy atom. The second kappa shape index (κ2) is 8.41. The van der Waals surface area contributed by atoms with E-state index in [2.05, 4.69) is 5.10 Å². The van der Waals surface area contributed by atoms with Crippen LogP contribution in [0.4, 0.5) is 0 Å². The summed E-state index contributed by atoms with van der Waals surface area (Å²) in [6.45, 7) is -0.849. The summed E-state index contributed by atoms with van der Waals surface area (Å²) < 4.78 is 0. The summed E-state index contributed by atoms with van der Waals surface area (Å²) in [4.78, 5) is 11.5. The first-order valence-electron chi connectivity index (χ1n) is 6.32. The van der Waals surface area contributed by atoms with E-state index in [-0.39, 0.29) is 5.75 Å². The highest BCUT2D eigenvalue weighted by molar-refractivity contribution is 5.86. The molecule has 0 heterocycles. The van der Waals surface area contributed by atoms with Crippen LogP contribution in [0, 0.1) is 0 Å². The highest BCUT2D eigenvalue weighted by Crippen LogP contribution is 2.12. The number of phenols is 1. The Hall–Kier alpha value is -2.04. The Kier molecular flexibility index (Phi) is 6.89. The van der Waals surface area contributed by atoms with Gasteiger partial charge >= 0.3 is 0 Å². The van der Waals surface area contributed by atoms with Gasteiger partial charge in [-0.2, -0.15) is 5.10 Å². The SMILES string of the molecule is O=C(NN=Cc1ccccc1O)C(O)C(O)C(O)C(O)CO. The summed E-state index contributed by atoms with van der Waals surface area (Å²) >= 11 is 0. The van der Waals surface area contributed by atoms with Crippen LogP contribution in [0.15, 0.2) is 29.4 Å². The first-order chi connectivity index (χ1) is 10.4. The van der Waals surface area contributed by atoms with E-state index in [1.165, 1.54) is 12.1 Å². The number of carbonyl (C=O) groups is 1. The lowest BCUT2D eigenvalue weighted by Crippen LogP contribution is -2.50. The van der Waals surface area contributed by atoms with Gasteiger partial charge in [-0.25, -0.2) is 5.43 Å². The fourth-order valence-corrected chi connectivity index (χ4v) is 1.51. The molecule has 9 heteroatoms. The number of nitrogens with one attached hydrogen (secondary N) is 1. The zero-order valence-electron chi connectivity index (χ0n) is 11.4. The van der Waals surface area contributed by atoms with Gasteiger partial charge in [-0.3, -0.25) is 4.79 Å². The van der Waals surface area contributed by atoms with Crippen molar-refractivity contribution >= 4 is 12.1 Å². The standard InChI is InChI=1S/C13H18N2O7/c16-6-9(18)10(19)11(20)12(21)13(22)15-14-5-7-3-1-2-4-8(7)17/h1-5,9-12,16-21H,6H2,(H,15,22). The molecule has 1 aromatic rings. The van der Waals surface area contributed by atoms with Crippen LogP contribution < -0.4 is 5.43 Å². The average Bonchev–Trinajstić information content (AvgIpc) is 2.53. The number of hydrogen-bond donors (Lipinski definition) is 7.